The van der Waals surface area contributed by atoms with Crippen molar-refractivity contribution in [3.8, 4) is 22.3 Å². The molecule has 0 spiro atoms. The van der Waals surface area contributed by atoms with Gasteiger partial charge in [-0.2, -0.15) is 0 Å². The van der Waals surface area contributed by atoms with Crippen LogP contribution in [-0.2, 0) is 0 Å². The van der Waals surface area contributed by atoms with E-state index < -0.39 is 0 Å². The van der Waals surface area contributed by atoms with Gasteiger partial charge in [0.2, 0.25) is 0 Å². The van der Waals surface area contributed by atoms with E-state index in [0.717, 1.165) is 133 Å². The van der Waals surface area contributed by atoms with E-state index in [1.807, 2.05) is 0 Å². The van der Waals surface area contributed by atoms with Crippen LogP contribution in [0.15, 0.2) is 276 Å². The normalized spacial score (nSPS) is 11.9. The van der Waals surface area contributed by atoms with Gasteiger partial charge in [-0.15, -0.1) is 0 Å². The summed E-state index contributed by atoms with van der Waals surface area (Å²) >= 11 is 0. The van der Waals surface area contributed by atoms with Gasteiger partial charge in [0.25, 0.3) is 0 Å². The third-order valence-corrected chi connectivity index (χ3v) is 15.8. The minimum atomic E-state index is 0.836. The van der Waals surface area contributed by atoms with Crippen LogP contribution < -0.4 is 9.80 Å². The van der Waals surface area contributed by atoms with Crippen LogP contribution in [0.5, 0.6) is 0 Å². The molecule has 0 bridgehead atoms. The smallest absolute Gasteiger partial charge is 0.159 e. The third kappa shape index (κ3) is 6.31. The van der Waals surface area contributed by atoms with E-state index in [0.29, 0.717) is 0 Å². The van der Waals surface area contributed by atoms with Crippen molar-refractivity contribution in [1.82, 2.24) is 0 Å². The molecule has 0 saturated heterocycles. The highest BCUT2D eigenvalue weighted by molar-refractivity contribution is 6.33. The van der Waals surface area contributed by atoms with Crippen LogP contribution >= 0.6 is 0 Å². The molecule has 14 aromatic carbocycles. The molecule has 0 N–H and O–H groups in total. The van der Waals surface area contributed by atoms with Crippen LogP contribution in [0.1, 0.15) is 0 Å². The summed E-state index contributed by atoms with van der Waals surface area (Å²) in [6.45, 7) is 0. The van der Waals surface area contributed by atoms with Crippen molar-refractivity contribution in [2.24, 2.45) is 0 Å². The molecule has 0 radical (unpaired) electrons. The maximum absolute atomic E-state index is 6.98. The Hall–Kier alpha value is -10.2. The van der Waals surface area contributed by atoms with Crippen LogP contribution in [0.3, 0.4) is 0 Å². The Kier molecular flexibility index (Phi) is 9.30. The van der Waals surface area contributed by atoms with Gasteiger partial charge in [0, 0.05) is 53.9 Å². The Balaban J connectivity index is 1.09. The van der Waals surface area contributed by atoms with E-state index in [9.17, 15) is 0 Å². The Bertz CT molecular complexity index is 4630. The Morgan fingerprint density at radius 2 is 0.566 bits per heavy atom. The number of anilines is 6. The average molecular weight is 969 g/mol. The topological polar surface area (TPSA) is 32.8 Å². The zero-order chi connectivity index (χ0) is 49.8. The first-order valence-corrected chi connectivity index (χ1v) is 26.0. The molecule has 0 aliphatic rings. The minimum Gasteiger partial charge on any atom is -0.454 e. The molecule has 2 aromatic heterocycles. The maximum Gasteiger partial charge on any atom is 0.159 e. The van der Waals surface area contributed by atoms with E-state index >= 15 is 0 Å². The molecule has 4 heteroatoms. The van der Waals surface area contributed by atoms with Crippen molar-refractivity contribution in [2.75, 3.05) is 9.80 Å². The van der Waals surface area contributed by atoms with E-state index in [-0.39, 0.29) is 0 Å². The number of nitrogens with zero attached hydrogens (tertiary/aromatic N) is 2. The molecular weight excluding hydrogens is 925 g/mol. The SMILES string of the molecule is c1ccc(-c2cc(N(c3cccc4ccccc34)c3cccc4c3oc3ccccc34)c3ccc4c(-c5ccccc5)cc(N(c5cccc6ccccc56)c5cccc6c5oc5ccccc56)c5ccc2c3c45)cc1. The second-order valence-electron chi connectivity index (χ2n) is 19.9. The number of hydrogen-bond donors (Lipinski definition) is 0. The summed E-state index contributed by atoms with van der Waals surface area (Å²) < 4.78 is 14.0. The van der Waals surface area contributed by atoms with Crippen LogP contribution in [0.25, 0.3) is 120 Å². The highest BCUT2D eigenvalue weighted by atomic mass is 16.3. The predicted molar refractivity (Wildman–Crippen MR) is 320 cm³/mol. The monoisotopic (exact) mass is 968 g/mol. The summed E-state index contributed by atoms with van der Waals surface area (Å²) in [6.07, 6.45) is 0. The lowest BCUT2D eigenvalue weighted by molar-refractivity contribution is 0.669. The maximum atomic E-state index is 6.98. The second kappa shape index (κ2) is 16.7. The molecule has 16 aromatic rings. The fourth-order valence-corrected chi connectivity index (χ4v) is 12.4. The molecule has 16 rings (SSSR count). The summed E-state index contributed by atoms with van der Waals surface area (Å²) in [5.41, 5.74) is 14.1. The molecule has 0 unspecified atom stereocenters. The number of benzene rings is 14. The van der Waals surface area contributed by atoms with Gasteiger partial charge in [-0.3, -0.25) is 0 Å². The Labute approximate surface area is 437 Å². The fourth-order valence-electron chi connectivity index (χ4n) is 12.4. The van der Waals surface area contributed by atoms with E-state index in [4.69, 9.17) is 8.83 Å². The fraction of sp³-hybridized carbons (Fsp3) is 0. The largest absolute Gasteiger partial charge is 0.454 e. The first kappa shape index (κ1) is 42.4. The average Bonchev–Trinajstić information content (AvgIpc) is 4.21. The van der Waals surface area contributed by atoms with Gasteiger partial charge in [0.05, 0.1) is 34.1 Å². The zero-order valence-electron chi connectivity index (χ0n) is 41.1. The van der Waals surface area contributed by atoms with Gasteiger partial charge in [0.1, 0.15) is 11.2 Å². The molecule has 76 heavy (non-hydrogen) atoms. The molecule has 0 atom stereocenters. The number of para-hydroxylation sites is 4. The summed E-state index contributed by atoms with van der Waals surface area (Å²) in [6, 6.07) is 96.8. The molecule has 2 heterocycles. The van der Waals surface area contributed by atoms with Gasteiger partial charge >= 0.3 is 0 Å². The van der Waals surface area contributed by atoms with Crippen LogP contribution in [0.4, 0.5) is 34.1 Å². The quantitative estimate of drug-likeness (QED) is 0.142. The molecule has 4 nitrogen and oxygen atoms in total. The predicted octanol–water partition coefficient (Wildman–Crippen LogP) is 21.0. The first-order valence-electron chi connectivity index (χ1n) is 26.0. The van der Waals surface area contributed by atoms with Crippen molar-refractivity contribution in [1.29, 1.82) is 0 Å². The molecular formula is C72H44N2O2. The Morgan fingerprint density at radius 3 is 1.03 bits per heavy atom. The van der Waals surface area contributed by atoms with Crippen molar-refractivity contribution < 1.29 is 8.83 Å². The van der Waals surface area contributed by atoms with E-state index in [1.54, 1.807) is 0 Å². The van der Waals surface area contributed by atoms with Crippen LogP contribution in [0.2, 0.25) is 0 Å². The molecule has 0 fully saturated rings. The van der Waals surface area contributed by atoms with Gasteiger partial charge < -0.3 is 18.6 Å². The summed E-state index contributed by atoms with van der Waals surface area (Å²) in [4.78, 5) is 4.93. The first-order chi connectivity index (χ1) is 37.7. The van der Waals surface area contributed by atoms with Crippen LogP contribution in [0, 0.1) is 0 Å². The van der Waals surface area contributed by atoms with Gasteiger partial charge in [-0.05, 0) is 92.3 Å². The molecule has 354 valence electrons. The van der Waals surface area contributed by atoms with Gasteiger partial charge in [0.15, 0.2) is 11.2 Å². The standard InChI is InChI=1S/C72H44N2O2/c1-3-19-47(20-4-1)59-43-65(73(61-33-15-25-45-23-7-9-27-49(45)61)63-35-17-31-55-51-29-11-13-37-67(51)75-71(55)63)57-42-40-54-60(48-21-5-2-6-22-48)44-66(58-41-39-53(59)69(57)70(54)58)74(62-34-16-26-46-24-8-10-28-50(46)62)64-36-18-32-56-52-30-12-14-38-68(52)76-72(56)64/h1-44H. The van der Waals surface area contributed by atoms with Gasteiger partial charge in [-0.25, -0.2) is 0 Å². The lowest BCUT2D eigenvalue weighted by Crippen LogP contribution is -2.13. The number of fused-ring (bicyclic) bond motifs is 8. The number of hydrogen-bond acceptors (Lipinski definition) is 4. The van der Waals surface area contributed by atoms with Crippen molar-refractivity contribution in [3.05, 3.63) is 267 Å². The molecule has 0 saturated carbocycles. The summed E-state index contributed by atoms with van der Waals surface area (Å²) in [5.74, 6) is 0. The number of furan rings is 2. The third-order valence-electron chi connectivity index (χ3n) is 15.8. The van der Waals surface area contributed by atoms with Gasteiger partial charge in [-0.1, -0.05) is 218 Å². The summed E-state index contributed by atoms with van der Waals surface area (Å²) in [7, 11) is 0. The lowest BCUT2D eigenvalue weighted by atomic mass is 9.85. The van der Waals surface area contributed by atoms with E-state index in [2.05, 4.69) is 277 Å². The molecule has 0 amide bonds. The summed E-state index contributed by atoms with van der Waals surface area (Å²) in [5, 5.41) is 15.9. The highest BCUT2D eigenvalue weighted by Crippen LogP contribution is 2.55. The van der Waals surface area contributed by atoms with Crippen molar-refractivity contribution in [3.63, 3.8) is 0 Å². The zero-order valence-corrected chi connectivity index (χ0v) is 41.1. The molecule has 0 aliphatic carbocycles. The number of rotatable bonds is 8. The van der Waals surface area contributed by atoms with Crippen molar-refractivity contribution >= 4 is 132 Å². The Morgan fingerprint density at radius 1 is 0.224 bits per heavy atom. The molecule has 0 aliphatic heterocycles. The van der Waals surface area contributed by atoms with E-state index in [1.165, 1.54) is 21.5 Å². The minimum absolute atomic E-state index is 0.836. The van der Waals surface area contributed by atoms with Crippen molar-refractivity contribution in [2.45, 2.75) is 0 Å². The highest BCUT2D eigenvalue weighted by Gasteiger charge is 2.29. The second-order valence-corrected chi connectivity index (χ2v) is 19.9. The van der Waals surface area contributed by atoms with Crippen LogP contribution in [-0.4, -0.2) is 0 Å². The lowest BCUT2D eigenvalue weighted by Gasteiger charge is -2.31.